The SMILES string of the molecule is CCc1ccc(C(=O)C2CCOC3(CCCCC3)C2)o1. The number of ketones is 1. The third-order valence-corrected chi connectivity index (χ3v) is 4.88. The second kappa shape index (κ2) is 5.72. The lowest BCUT2D eigenvalue weighted by Crippen LogP contribution is -2.43. The number of carbonyl (C=O) groups is 1. The van der Waals surface area contributed by atoms with Crippen LogP contribution in [-0.2, 0) is 11.2 Å². The third-order valence-electron chi connectivity index (χ3n) is 4.88. The van der Waals surface area contributed by atoms with Gasteiger partial charge in [0.05, 0.1) is 5.60 Å². The molecule has 20 heavy (non-hydrogen) atoms. The second-order valence-corrected chi connectivity index (χ2v) is 6.27. The van der Waals surface area contributed by atoms with Crippen LogP contribution in [0.15, 0.2) is 16.5 Å². The van der Waals surface area contributed by atoms with Gasteiger partial charge in [0, 0.05) is 18.9 Å². The van der Waals surface area contributed by atoms with Crippen LogP contribution in [0, 0.1) is 5.92 Å². The highest BCUT2D eigenvalue weighted by Crippen LogP contribution is 2.41. The van der Waals surface area contributed by atoms with E-state index >= 15 is 0 Å². The Bertz CT molecular complexity index is 463. The minimum absolute atomic E-state index is 0.0169. The Morgan fingerprint density at radius 1 is 1.30 bits per heavy atom. The molecule has 2 heterocycles. The molecule has 0 radical (unpaired) electrons. The molecule has 1 unspecified atom stereocenters. The number of furan rings is 1. The van der Waals surface area contributed by atoms with Gasteiger partial charge in [0.15, 0.2) is 5.76 Å². The molecule has 1 aliphatic heterocycles. The molecule has 1 saturated carbocycles. The molecule has 0 bridgehead atoms. The molecule has 3 heteroatoms. The molecule has 3 rings (SSSR count). The van der Waals surface area contributed by atoms with Crippen LogP contribution in [-0.4, -0.2) is 18.0 Å². The van der Waals surface area contributed by atoms with Gasteiger partial charge in [0.1, 0.15) is 5.76 Å². The summed E-state index contributed by atoms with van der Waals surface area (Å²) in [6.45, 7) is 2.76. The number of Topliss-reactive ketones (excluding diaryl/α,β-unsaturated/α-hetero) is 1. The van der Waals surface area contributed by atoms with Crippen molar-refractivity contribution in [1.29, 1.82) is 0 Å². The van der Waals surface area contributed by atoms with Crippen LogP contribution < -0.4 is 0 Å². The first-order valence-corrected chi connectivity index (χ1v) is 7.99. The highest BCUT2D eigenvalue weighted by atomic mass is 16.5. The smallest absolute Gasteiger partial charge is 0.201 e. The lowest BCUT2D eigenvalue weighted by atomic mass is 9.75. The molecule has 110 valence electrons. The Kier molecular flexibility index (Phi) is 3.97. The van der Waals surface area contributed by atoms with Gasteiger partial charge in [-0.3, -0.25) is 4.79 Å². The van der Waals surface area contributed by atoms with Gasteiger partial charge in [-0.1, -0.05) is 26.2 Å². The van der Waals surface area contributed by atoms with Crippen molar-refractivity contribution in [3.63, 3.8) is 0 Å². The summed E-state index contributed by atoms with van der Waals surface area (Å²) in [4.78, 5) is 12.6. The number of hydrogen-bond acceptors (Lipinski definition) is 3. The molecule has 3 nitrogen and oxygen atoms in total. The van der Waals surface area contributed by atoms with Crippen LogP contribution >= 0.6 is 0 Å². The first kappa shape index (κ1) is 13.9. The van der Waals surface area contributed by atoms with Crippen molar-refractivity contribution in [3.05, 3.63) is 23.7 Å². The summed E-state index contributed by atoms with van der Waals surface area (Å²) in [5.41, 5.74) is -0.0169. The van der Waals surface area contributed by atoms with E-state index in [1.807, 2.05) is 19.1 Å². The molecule has 1 spiro atoms. The molecule has 2 aliphatic rings. The van der Waals surface area contributed by atoms with Crippen LogP contribution in [0.5, 0.6) is 0 Å². The number of hydrogen-bond donors (Lipinski definition) is 0. The summed E-state index contributed by atoms with van der Waals surface area (Å²) >= 11 is 0. The van der Waals surface area contributed by atoms with Crippen LogP contribution in [0.1, 0.15) is 68.2 Å². The van der Waals surface area contributed by atoms with E-state index < -0.39 is 0 Å². The quantitative estimate of drug-likeness (QED) is 0.778. The third kappa shape index (κ3) is 2.69. The predicted octanol–water partition coefficient (Wildman–Crippen LogP) is 4.15. The van der Waals surface area contributed by atoms with Gasteiger partial charge in [0.25, 0.3) is 0 Å². The monoisotopic (exact) mass is 276 g/mol. The minimum atomic E-state index is -0.0169. The maximum atomic E-state index is 12.6. The molecule has 1 aromatic heterocycles. The van der Waals surface area contributed by atoms with Gasteiger partial charge >= 0.3 is 0 Å². The highest BCUT2D eigenvalue weighted by Gasteiger charge is 2.41. The largest absolute Gasteiger partial charge is 0.458 e. The number of rotatable bonds is 3. The first-order chi connectivity index (χ1) is 9.72. The molecule has 0 amide bonds. The Morgan fingerprint density at radius 2 is 2.10 bits per heavy atom. The van der Waals surface area contributed by atoms with Crippen LogP contribution in [0.2, 0.25) is 0 Å². The van der Waals surface area contributed by atoms with E-state index in [-0.39, 0.29) is 17.3 Å². The lowest BCUT2D eigenvalue weighted by molar-refractivity contribution is -0.111. The highest BCUT2D eigenvalue weighted by molar-refractivity contribution is 5.95. The standard InChI is InChI=1S/C17H24O3/c1-2-14-6-7-15(20-14)16(18)13-8-11-19-17(12-13)9-4-3-5-10-17/h6-7,13H,2-5,8-12H2,1H3. The molecule has 1 saturated heterocycles. The van der Waals surface area contributed by atoms with E-state index in [1.54, 1.807) is 0 Å². The van der Waals surface area contributed by atoms with Gasteiger partial charge in [-0.15, -0.1) is 0 Å². The Labute approximate surface area is 120 Å². The Balaban J connectivity index is 1.71. The van der Waals surface area contributed by atoms with Crippen molar-refractivity contribution in [2.45, 2.75) is 63.9 Å². The Hall–Kier alpha value is -1.09. The normalized spacial score (nSPS) is 25.8. The van der Waals surface area contributed by atoms with Gasteiger partial charge in [-0.05, 0) is 37.8 Å². The maximum Gasteiger partial charge on any atom is 0.201 e. The molecular formula is C17H24O3. The predicted molar refractivity (Wildman–Crippen MR) is 76.9 cm³/mol. The van der Waals surface area contributed by atoms with Gasteiger partial charge in [-0.2, -0.15) is 0 Å². The molecule has 1 atom stereocenters. The average molecular weight is 276 g/mol. The number of ether oxygens (including phenoxy) is 1. The maximum absolute atomic E-state index is 12.6. The fourth-order valence-electron chi connectivity index (χ4n) is 3.70. The van der Waals surface area contributed by atoms with E-state index in [0.717, 1.165) is 44.5 Å². The van der Waals surface area contributed by atoms with E-state index in [9.17, 15) is 4.79 Å². The molecule has 1 aromatic rings. The first-order valence-electron chi connectivity index (χ1n) is 7.99. The topological polar surface area (TPSA) is 39.4 Å². The van der Waals surface area contributed by atoms with Crippen molar-refractivity contribution in [2.24, 2.45) is 5.92 Å². The van der Waals surface area contributed by atoms with Crippen LogP contribution in [0.25, 0.3) is 0 Å². The van der Waals surface area contributed by atoms with Crippen molar-refractivity contribution in [2.75, 3.05) is 6.61 Å². The summed E-state index contributed by atoms with van der Waals surface area (Å²) in [7, 11) is 0. The number of carbonyl (C=O) groups excluding carboxylic acids is 1. The second-order valence-electron chi connectivity index (χ2n) is 6.27. The Morgan fingerprint density at radius 3 is 2.80 bits per heavy atom. The summed E-state index contributed by atoms with van der Waals surface area (Å²) in [5.74, 6) is 1.70. The molecule has 2 fully saturated rings. The van der Waals surface area contributed by atoms with E-state index in [2.05, 4.69) is 0 Å². The van der Waals surface area contributed by atoms with Crippen molar-refractivity contribution < 1.29 is 13.9 Å². The van der Waals surface area contributed by atoms with Crippen LogP contribution in [0.3, 0.4) is 0 Å². The average Bonchev–Trinajstić information content (AvgIpc) is 2.96. The summed E-state index contributed by atoms with van der Waals surface area (Å²) < 4.78 is 11.7. The summed E-state index contributed by atoms with van der Waals surface area (Å²) in [6.07, 6.45) is 8.58. The van der Waals surface area contributed by atoms with Crippen LogP contribution in [0.4, 0.5) is 0 Å². The van der Waals surface area contributed by atoms with Gasteiger partial charge in [0.2, 0.25) is 5.78 Å². The molecule has 0 N–H and O–H groups in total. The fraction of sp³-hybridized carbons (Fsp3) is 0.706. The van der Waals surface area contributed by atoms with Gasteiger partial charge in [-0.25, -0.2) is 0 Å². The van der Waals surface area contributed by atoms with Crippen molar-refractivity contribution in [3.8, 4) is 0 Å². The van der Waals surface area contributed by atoms with Crippen molar-refractivity contribution in [1.82, 2.24) is 0 Å². The zero-order valence-corrected chi connectivity index (χ0v) is 12.3. The van der Waals surface area contributed by atoms with E-state index in [1.165, 1.54) is 19.3 Å². The summed E-state index contributed by atoms with van der Waals surface area (Å²) in [5, 5.41) is 0. The minimum Gasteiger partial charge on any atom is -0.458 e. The van der Waals surface area contributed by atoms with Crippen molar-refractivity contribution >= 4 is 5.78 Å². The fourth-order valence-corrected chi connectivity index (χ4v) is 3.70. The molecular weight excluding hydrogens is 252 g/mol. The molecule has 1 aliphatic carbocycles. The molecule has 0 aromatic carbocycles. The van der Waals surface area contributed by atoms with Gasteiger partial charge < -0.3 is 9.15 Å². The zero-order chi connectivity index (χ0) is 14.0. The number of aryl methyl sites for hydroxylation is 1. The summed E-state index contributed by atoms with van der Waals surface area (Å²) in [6, 6.07) is 3.76. The zero-order valence-electron chi connectivity index (χ0n) is 12.3. The van der Waals surface area contributed by atoms with E-state index in [0.29, 0.717) is 5.76 Å². The van der Waals surface area contributed by atoms with E-state index in [4.69, 9.17) is 9.15 Å². The lowest BCUT2D eigenvalue weighted by Gasteiger charge is -2.43.